The van der Waals surface area contributed by atoms with Gasteiger partial charge in [-0.3, -0.25) is 4.57 Å². The van der Waals surface area contributed by atoms with E-state index in [2.05, 4.69) is 9.97 Å². The lowest BCUT2D eigenvalue weighted by atomic mass is 10.0. The van der Waals surface area contributed by atoms with Gasteiger partial charge in [-0.25, -0.2) is 4.98 Å². The van der Waals surface area contributed by atoms with Gasteiger partial charge in [-0.1, -0.05) is 54.6 Å². The Morgan fingerprint density at radius 3 is 2.68 bits per heavy atom. The summed E-state index contributed by atoms with van der Waals surface area (Å²) >= 11 is 0. The summed E-state index contributed by atoms with van der Waals surface area (Å²) in [4.78, 5) is 18.7. The Labute approximate surface area is 195 Å². The highest BCUT2D eigenvalue weighted by Crippen LogP contribution is 2.27. The van der Waals surface area contributed by atoms with Crippen LogP contribution >= 0.6 is 0 Å². The first-order valence-corrected chi connectivity index (χ1v) is 10.8. The van der Waals surface area contributed by atoms with Crippen molar-refractivity contribution in [2.24, 2.45) is 0 Å². The summed E-state index contributed by atoms with van der Waals surface area (Å²) in [5.74, 6) is 0.329. The van der Waals surface area contributed by atoms with Crippen LogP contribution in [0.4, 0.5) is 5.82 Å². The molecular formula is C25H22N4O5. The van der Waals surface area contributed by atoms with Crippen LogP contribution in [0.25, 0.3) is 11.1 Å². The van der Waals surface area contributed by atoms with Crippen LogP contribution in [0.3, 0.4) is 0 Å². The summed E-state index contributed by atoms with van der Waals surface area (Å²) in [5.41, 5.74) is 4.06. The summed E-state index contributed by atoms with van der Waals surface area (Å²) in [6.07, 6.45) is 2.91. The highest BCUT2D eigenvalue weighted by Gasteiger charge is 2.28. The first kappa shape index (κ1) is 21.6. The van der Waals surface area contributed by atoms with Gasteiger partial charge in [0.1, 0.15) is 25.5 Å². The molecule has 2 aromatic carbocycles. The minimum absolute atomic E-state index is 0.232. The summed E-state index contributed by atoms with van der Waals surface area (Å²) in [5, 5.41) is 10.9. The van der Waals surface area contributed by atoms with Crippen molar-refractivity contribution in [3.63, 3.8) is 0 Å². The first-order chi connectivity index (χ1) is 16.7. The van der Waals surface area contributed by atoms with Crippen molar-refractivity contribution in [3.05, 3.63) is 100 Å². The van der Waals surface area contributed by atoms with Gasteiger partial charge in [0.05, 0.1) is 13.2 Å². The van der Waals surface area contributed by atoms with E-state index >= 15 is 0 Å². The smallest absolute Gasteiger partial charge is 0.414 e. The molecule has 5 rings (SSSR count). The Morgan fingerprint density at radius 1 is 1.06 bits per heavy atom. The highest BCUT2D eigenvalue weighted by atomic mass is 16.6. The molecule has 0 unspecified atom stereocenters. The van der Waals surface area contributed by atoms with E-state index in [1.165, 1.54) is 6.20 Å². The largest absolute Gasteiger partial charge is 0.473 e. The van der Waals surface area contributed by atoms with Crippen LogP contribution < -0.4 is 9.47 Å². The van der Waals surface area contributed by atoms with Gasteiger partial charge in [0, 0.05) is 22.8 Å². The lowest BCUT2D eigenvalue weighted by molar-refractivity contribution is -0.389. The van der Waals surface area contributed by atoms with Crippen LogP contribution in [-0.2, 0) is 24.5 Å². The molecule has 9 heteroatoms. The second-order valence-corrected chi connectivity index (χ2v) is 7.85. The van der Waals surface area contributed by atoms with Crippen molar-refractivity contribution in [1.29, 1.82) is 0 Å². The zero-order chi connectivity index (χ0) is 23.3. The fraction of sp³-hybridized carbons (Fsp3) is 0.200. The quantitative estimate of drug-likeness (QED) is 0.285. The van der Waals surface area contributed by atoms with E-state index in [1.54, 1.807) is 10.8 Å². The normalized spacial score (nSPS) is 14.8. The molecule has 0 radical (unpaired) electrons. The van der Waals surface area contributed by atoms with Crippen molar-refractivity contribution in [3.8, 4) is 23.0 Å². The summed E-state index contributed by atoms with van der Waals surface area (Å²) < 4.78 is 19.0. The molecule has 1 atom stereocenters. The Hall–Kier alpha value is -4.24. The maximum atomic E-state index is 10.9. The Kier molecular flexibility index (Phi) is 6.17. The van der Waals surface area contributed by atoms with E-state index in [4.69, 9.17) is 14.2 Å². The number of hydrogen-bond acceptors (Lipinski definition) is 7. The van der Waals surface area contributed by atoms with Crippen LogP contribution in [0.15, 0.2) is 79.1 Å². The molecule has 0 N–H and O–H groups in total. The molecule has 0 bridgehead atoms. The molecule has 0 saturated carbocycles. The average Bonchev–Trinajstić information content (AvgIpc) is 3.31. The van der Waals surface area contributed by atoms with Crippen LogP contribution in [0.2, 0.25) is 0 Å². The predicted molar refractivity (Wildman–Crippen MR) is 123 cm³/mol. The number of hydrogen-bond donors (Lipinski definition) is 0. The molecular weight excluding hydrogens is 436 g/mol. The highest BCUT2D eigenvalue weighted by molar-refractivity contribution is 5.66. The SMILES string of the molecule is O=[N+]([O-])c1cn2c(n1)OC[C@@H](OCc1ccccc1-c1ccc(OCc3ccccc3)nc1)C2. The maximum Gasteiger partial charge on any atom is 0.414 e. The molecule has 0 spiro atoms. The Morgan fingerprint density at radius 2 is 1.88 bits per heavy atom. The standard InChI is InChI=1S/C25H22N4O5/c30-29(31)23-14-28-13-21(17-34-25(28)27-23)32-16-20-8-4-5-9-22(20)19-10-11-24(26-12-19)33-15-18-6-2-1-3-7-18/h1-12,14,21H,13,15-17H2/t21-/m0/s1. The fourth-order valence-electron chi connectivity index (χ4n) is 3.75. The number of aromatic nitrogens is 3. The van der Waals surface area contributed by atoms with Gasteiger partial charge in [0.25, 0.3) is 0 Å². The molecule has 172 valence electrons. The lowest BCUT2D eigenvalue weighted by Gasteiger charge is -2.23. The van der Waals surface area contributed by atoms with E-state index in [1.807, 2.05) is 66.7 Å². The monoisotopic (exact) mass is 458 g/mol. The first-order valence-electron chi connectivity index (χ1n) is 10.8. The van der Waals surface area contributed by atoms with E-state index in [0.717, 1.165) is 22.3 Å². The van der Waals surface area contributed by atoms with E-state index in [0.29, 0.717) is 25.6 Å². The zero-order valence-corrected chi connectivity index (χ0v) is 18.2. The molecule has 2 aromatic heterocycles. The molecule has 1 aliphatic rings. The number of fused-ring (bicyclic) bond motifs is 1. The second-order valence-electron chi connectivity index (χ2n) is 7.85. The van der Waals surface area contributed by atoms with Crippen LogP contribution in [0, 0.1) is 10.1 Å². The average molecular weight is 458 g/mol. The van der Waals surface area contributed by atoms with Gasteiger partial charge in [-0.05, 0) is 27.7 Å². The molecule has 0 aliphatic carbocycles. The molecule has 34 heavy (non-hydrogen) atoms. The topological polar surface area (TPSA) is 102 Å². The third-order valence-corrected chi connectivity index (χ3v) is 5.48. The van der Waals surface area contributed by atoms with Crippen LogP contribution in [0.5, 0.6) is 11.9 Å². The van der Waals surface area contributed by atoms with Crippen LogP contribution in [-0.4, -0.2) is 32.2 Å². The second kappa shape index (κ2) is 9.72. The van der Waals surface area contributed by atoms with E-state index in [9.17, 15) is 10.1 Å². The van der Waals surface area contributed by atoms with Crippen molar-refractivity contribution in [1.82, 2.24) is 14.5 Å². The minimum atomic E-state index is -0.535. The number of ether oxygens (including phenoxy) is 3. The third kappa shape index (κ3) is 4.89. The Bertz CT molecular complexity index is 1270. The predicted octanol–water partition coefficient (Wildman–Crippen LogP) is 4.41. The van der Waals surface area contributed by atoms with E-state index in [-0.39, 0.29) is 24.5 Å². The van der Waals surface area contributed by atoms with Gasteiger partial charge < -0.3 is 24.3 Å². The molecule has 3 heterocycles. The minimum Gasteiger partial charge on any atom is -0.473 e. The van der Waals surface area contributed by atoms with Crippen molar-refractivity contribution >= 4 is 5.82 Å². The lowest BCUT2D eigenvalue weighted by Crippen LogP contribution is -2.32. The molecule has 0 amide bonds. The third-order valence-electron chi connectivity index (χ3n) is 5.48. The molecule has 1 aliphatic heterocycles. The maximum absolute atomic E-state index is 10.9. The number of imidazole rings is 1. The number of benzene rings is 2. The fourth-order valence-corrected chi connectivity index (χ4v) is 3.75. The van der Waals surface area contributed by atoms with E-state index < -0.39 is 4.92 Å². The van der Waals surface area contributed by atoms with Crippen molar-refractivity contribution < 1.29 is 19.1 Å². The zero-order valence-electron chi connectivity index (χ0n) is 18.2. The van der Waals surface area contributed by atoms with Gasteiger partial charge in [-0.2, -0.15) is 0 Å². The number of pyridine rings is 1. The van der Waals surface area contributed by atoms with Crippen molar-refractivity contribution in [2.75, 3.05) is 6.61 Å². The Balaban J connectivity index is 1.22. The van der Waals surface area contributed by atoms with Crippen molar-refractivity contribution in [2.45, 2.75) is 25.9 Å². The van der Waals surface area contributed by atoms with Crippen LogP contribution in [0.1, 0.15) is 11.1 Å². The summed E-state index contributed by atoms with van der Waals surface area (Å²) in [6, 6.07) is 22.0. The van der Waals surface area contributed by atoms with Gasteiger partial charge >= 0.3 is 11.8 Å². The van der Waals surface area contributed by atoms with Gasteiger partial charge in [0.15, 0.2) is 0 Å². The molecule has 9 nitrogen and oxygen atoms in total. The molecule has 0 fully saturated rings. The van der Waals surface area contributed by atoms with Gasteiger partial charge in [-0.15, -0.1) is 0 Å². The molecule has 4 aromatic rings. The summed E-state index contributed by atoms with van der Waals surface area (Å²) in [6.45, 7) is 1.55. The van der Waals surface area contributed by atoms with Gasteiger partial charge in [0.2, 0.25) is 5.88 Å². The number of nitro groups is 1. The summed E-state index contributed by atoms with van der Waals surface area (Å²) in [7, 11) is 0. The number of nitrogens with zero attached hydrogens (tertiary/aromatic N) is 4. The number of rotatable bonds is 8. The molecule has 0 saturated heterocycles.